The minimum atomic E-state index is -3.77. The second-order valence-corrected chi connectivity index (χ2v) is 7.72. The maximum Gasteiger partial charge on any atom is 0.263 e. The first-order chi connectivity index (χ1) is 9.29. The first kappa shape index (κ1) is 15.6. The van der Waals surface area contributed by atoms with E-state index in [4.69, 9.17) is 17.3 Å². The molecule has 0 fully saturated rings. The van der Waals surface area contributed by atoms with E-state index in [1.54, 1.807) is 24.3 Å². The molecular formula is C12H9Br2ClN2O2S. The summed E-state index contributed by atoms with van der Waals surface area (Å²) in [4.78, 5) is 0.0596. The predicted molar refractivity (Wildman–Crippen MR) is 88.5 cm³/mol. The zero-order valence-electron chi connectivity index (χ0n) is 9.90. The third-order valence-corrected chi connectivity index (χ3v) is 5.70. The molecule has 0 bridgehead atoms. The highest BCUT2D eigenvalue weighted by atomic mass is 79.9. The van der Waals surface area contributed by atoms with Gasteiger partial charge in [-0.15, -0.1) is 0 Å². The van der Waals surface area contributed by atoms with E-state index in [1.807, 2.05) is 0 Å². The summed E-state index contributed by atoms with van der Waals surface area (Å²) in [5.74, 6) is 0. The largest absolute Gasteiger partial charge is 0.399 e. The Morgan fingerprint density at radius 2 is 1.70 bits per heavy atom. The minimum absolute atomic E-state index is 0.0596. The van der Waals surface area contributed by atoms with Gasteiger partial charge in [-0.1, -0.05) is 11.6 Å². The van der Waals surface area contributed by atoms with Crippen molar-refractivity contribution in [2.45, 2.75) is 4.90 Å². The van der Waals surface area contributed by atoms with Crippen molar-refractivity contribution >= 4 is 64.9 Å². The Kier molecular flexibility index (Phi) is 4.63. The van der Waals surface area contributed by atoms with Crippen molar-refractivity contribution in [3.8, 4) is 0 Å². The Bertz CT molecular complexity index is 766. The third-order valence-electron chi connectivity index (χ3n) is 2.42. The van der Waals surface area contributed by atoms with Gasteiger partial charge in [-0.2, -0.15) is 0 Å². The van der Waals surface area contributed by atoms with Crippen molar-refractivity contribution in [3.05, 3.63) is 50.4 Å². The zero-order valence-corrected chi connectivity index (χ0v) is 14.6. The maximum absolute atomic E-state index is 12.4. The quantitative estimate of drug-likeness (QED) is 0.701. The van der Waals surface area contributed by atoms with Crippen LogP contribution in [-0.2, 0) is 10.0 Å². The smallest absolute Gasteiger partial charge is 0.263 e. The molecule has 0 saturated heterocycles. The average Bonchev–Trinajstić information content (AvgIpc) is 2.36. The van der Waals surface area contributed by atoms with E-state index in [1.165, 1.54) is 12.1 Å². The number of anilines is 2. The van der Waals surface area contributed by atoms with Crippen molar-refractivity contribution in [1.82, 2.24) is 0 Å². The van der Waals surface area contributed by atoms with Crippen LogP contribution in [0.3, 0.4) is 0 Å². The number of hydrogen-bond acceptors (Lipinski definition) is 3. The molecule has 0 aliphatic heterocycles. The predicted octanol–water partition coefficient (Wildman–Crippen LogP) is 4.25. The Hall–Kier alpha value is -0.760. The van der Waals surface area contributed by atoms with Gasteiger partial charge in [0.15, 0.2) is 0 Å². The summed E-state index contributed by atoms with van der Waals surface area (Å²) in [6.45, 7) is 0. The van der Waals surface area contributed by atoms with Crippen LogP contribution in [0.1, 0.15) is 0 Å². The standard InChI is InChI=1S/C12H9Br2ClN2O2S/c13-9-3-1-7(15)5-11(9)17-20(18,19)12-6-8(16)2-4-10(12)14/h1-6,17H,16H2. The van der Waals surface area contributed by atoms with E-state index in [-0.39, 0.29) is 4.90 Å². The summed E-state index contributed by atoms with van der Waals surface area (Å²) in [5, 5.41) is 0.428. The summed E-state index contributed by atoms with van der Waals surface area (Å²) in [7, 11) is -3.77. The highest BCUT2D eigenvalue weighted by Crippen LogP contribution is 2.30. The van der Waals surface area contributed by atoms with Crippen molar-refractivity contribution < 1.29 is 8.42 Å². The summed E-state index contributed by atoms with van der Waals surface area (Å²) >= 11 is 12.3. The van der Waals surface area contributed by atoms with Crippen molar-refractivity contribution in [2.24, 2.45) is 0 Å². The molecule has 106 valence electrons. The molecule has 0 aromatic heterocycles. The van der Waals surface area contributed by atoms with Gasteiger partial charge in [-0.3, -0.25) is 4.72 Å². The van der Waals surface area contributed by atoms with Gasteiger partial charge in [0.05, 0.1) is 5.69 Å². The fourth-order valence-corrected chi connectivity index (χ4v) is 4.22. The summed E-state index contributed by atoms with van der Waals surface area (Å²) < 4.78 is 28.2. The molecule has 8 heteroatoms. The molecule has 4 nitrogen and oxygen atoms in total. The molecule has 0 radical (unpaired) electrons. The first-order valence-corrected chi connectivity index (χ1v) is 8.77. The molecule has 0 aliphatic rings. The molecule has 0 aliphatic carbocycles. The zero-order chi connectivity index (χ0) is 14.9. The minimum Gasteiger partial charge on any atom is -0.399 e. The van der Waals surface area contributed by atoms with Crippen molar-refractivity contribution in [2.75, 3.05) is 10.5 Å². The molecule has 0 unspecified atom stereocenters. The first-order valence-electron chi connectivity index (χ1n) is 5.32. The van der Waals surface area contributed by atoms with Crippen LogP contribution in [-0.4, -0.2) is 8.42 Å². The van der Waals surface area contributed by atoms with E-state index in [2.05, 4.69) is 36.6 Å². The SMILES string of the molecule is Nc1ccc(Br)c(S(=O)(=O)Nc2cc(Cl)ccc2Br)c1. The monoisotopic (exact) mass is 438 g/mol. The lowest BCUT2D eigenvalue weighted by molar-refractivity contribution is 0.601. The van der Waals surface area contributed by atoms with Gasteiger partial charge in [0.2, 0.25) is 0 Å². The molecule has 0 saturated carbocycles. The number of rotatable bonds is 3. The molecule has 2 aromatic rings. The van der Waals surface area contributed by atoms with Crippen LogP contribution < -0.4 is 10.5 Å². The Balaban J connectivity index is 2.46. The van der Waals surface area contributed by atoms with Gasteiger partial charge in [0, 0.05) is 19.7 Å². The van der Waals surface area contributed by atoms with Crippen LogP contribution in [0.4, 0.5) is 11.4 Å². The Morgan fingerprint density at radius 3 is 2.40 bits per heavy atom. The number of halogens is 3. The molecule has 3 N–H and O–H groups in total. The Labute approximate surface area is 138 Å². The topological polar surface area (TPSA) is 72.2 Å². The van der Waals surface area contributed by atoms with Gasteiger partial charge in [0.1, 0.15) is 4.90 Å². The van der Waals surface area contributed by atoms with E-state index in [0.29, 0.717) is 25.3 Å². The number of nitrogen functional groups attached to an aromatic ring is 1. The second-order valence-electron chi connectivity index (χ2n) is 3.92. The molecule has 0 heterocycles. The van der Waals surface area contributed by atoms with Crippen molar-refractivity contribution in [1.29, 1.82) is 0 Å². The third kappa shape index (κ3) is 3.46. The molecule has 0 atom stereocenters. The van der Waals surface area contributed by atoms with Gasteiger partial charge in [-0.25, -0.2) is 8.42 Å². The van der Waals surface area contributed by atoms with Crippen LogP contribution in [0.15, 0.2) is 50.2 Å². The van der Waals surface area contributed by atoms with Gasteiger partial charge < -0.3 is 5.73 Å². The van der Waals surface area contributed by atoms with Gasteiger partial charge in [-0.05, 0) is 68.3 Å². The van der Waals surface area contributed by atoms with Gasteiger partial charge >= 0.3 is 0 Å². The lowest BCUT2D eigenvalue weighted by Gasteiger charge is -2.12. The number of sulfonamides is 1. The number of nitrogens with one attached hydrogen (secondary N) is 1. The normalized spacial score (nSPS) is 11.3. The molecule has 2 aromatic carbocycles. The maximum atomic E-state index is 12.4. The molecular weight excluding hydrogens is 431 g/mol. The van der Waals surface area contributed by atoms with Crippen LogP contribution in [0.5, 0.6) is 0 Å². The highest BCUT2D eigenvalue weighted by molar-refractivity contribution is 9.11. The lowest BCUT2D eigenvalue weighted by atomic mass is 10.3. The fraction of sp³-hybridized carbons (Fsp3) is 0. The average molecular weight is 441 g/mol. The van der Waals surface area contributed by atoms with Crippen LogP contribution in [0.25, 0.3) is 0 Å². The molecule has 2 rings (SSSR count). The number of benzene rings is 2. The molecule has 0 amide bonds. The molecule has 0 spiro atoms. The van der Waals surface area contributed by atoms with Crippen LogP contribution in [0, 0.1) is 0 Å². The fourth-order valence-electron chi connectivity index (χ4n) is 1.50. The van der Waals surface area contributed by atoms with Crippen LogP contribution >= 0.6 is 43.5 Å². The Morgan fingerprint density at radius 1 is 1.05 bits per heavy atom. The highest BCUT2D eigenvalue weighted by Gasteiger charge is 2.19. The van der Waals surface area contributed by atoms with E-state index in [0.717, 1.165) is 0 Å². The summed E-state index contributed by atoms with van der Waals surface area (Å²) in [6.07, 6.45) is 0. The van der Waals surface area contributed by atoms with E-state index in [9.17, 15) is 8.42 Å². The van der Waals surface area contributed by atoms with E-state index < -0.39 is 10.0 Å². The summed E-state index contributed by atoms with van der Waals surface area (Å²) in [6, 6.07) is 9.40. The van der Waals surface area contributed by atoms with Crippen LogP contribution in [0.2, 0.25) is 5.02 Å². The van der Waals surface area contributed by atoms with Gasteiger partial charge in [0.25, 0.3) is 10.0 Å². The molecule has 20 heavy (non-hydrogen) atoms. The number of nitrogens with two attached hydrogens (primary N) is 1. The van der Waals surface area contributed by atoms with E-state index >= 15 is 0 Å². The summed E-state index contributed by atoms with van der Waals surface area (Å²) in [5.41, 5.74) is 6.34. The van der Waals surface area contributed by atoms with Crippen molar-refractivity contribution in [3.63, 3.8) is 0 Å². The lowest BCUT2D eigenvalue weighted by Crippen LogP contribution is -2.14. The number of hydrogen-bond donors (Lipinski definition) is 2. The second kappa shape index (κ2) is 5.93.